The predicted molar refractivity (Wildman–Crippen MR) is 98.6 cm³/mol. The van der Waals surface area contributed by atoms with E-state index in [-0.39, 0.29) is 17.9 Å². The zero-order chi connectivity index (χ0) is 17.4. The Morgan fingerprint density at radius 3 is 2.92 bits per heavy atom. The van der Waals surface area contributed by atoms with Crippen LogP contribution in [0.15, 0.2) is 38.4 Å². The summed E-state index contributed by atoms with van der Waals surface area (Å²) >= 11 is 4.34. The fraction of sp³-hybridized carbons (Fsp3) is 0.125. The minimum absolute atomic E-state index is 0.0627. The number of rotatable bonds is 4. The average Bonchev–Trinajstić information content (AvgIpc) is 3.33. The van der Waals surface area contributed by atoms with E-state index in [0.717, 1.165) is 16.3 Å². The summed E-state index contributed by atoms with van der Waals surface area (Å²) in [6, 6.07) is 3.34. The molecule has 4 heterocycles. The molecule has 0 amide bonds. The van der Waals surface area contributed by atoms with Crippen molar-refractivity contribution in [2.75, 3.05) is 0 Å². The van der Waals surface area contributed by atoms with Gasteiger partial charge in [0.05, 0.1) is 5.69 Å². The minimum Gasteiger partial charge on any atom is -0.454 e. The molecule has 0 radical (unpaired) electrons. The number of ether oxygens (including phenoxy) is 1. The summed E-state index contributed by atoms with van der Waals surface area (Å²) in [5.74, 6) is -0.526. The molecule has 0 spiro atoms. The van der Waals surface area contributed by atoms with Crippen molar-refractivity contribution >= 4 is 44.9 Å². The molecule has 9 heteroatoms. The van der Waals surface area contributed by atoms with Gasteiger partial charge < -0.3 is 4.74 Å². The lowest BCUT2D eigenvalue weighted by Crippen LogP contribution is -2.16. The second-order valence-corrected chi connectivity index (χ2v) is 7.68. The Morgan fingerprint density at radius 2 is 2.12 bits per heavy atom. The van der Waals surface area contributed by atoms with Gasteiger partial charge in [-0.15, -0.1) is 22.7 Å². The largest absolute Gasteiger partial charge is 0.454 e. The third kappa shape index (κ3) is 3.13. The Balaban J connectivity index is 1.50. The van der Waals surface area contributed by atoms with E-state index in [1.807, 2.05) is 29.1 Å². The number of carbonyl (C=O) groups is 1. The number of esters is 1. The molecule has 0 aromatic carbocycles. The number of aryl methyl sites for hydroxylation is 1. The van der Waals surface area contributed by atoms with Crippen LogP contribution in [0.1, 0.15) is 21.9 Å². The third-order valence-corrected chi connectivity index (χ3v) is 5.98. The van der Waals surface area contributed by atoms with Gasteiger partial charge in [0.1, 0.15) is 11.6 Å². The molecule has 0 saturated carbocycles. The average molecular weight is 389 g/mol. The lowest BCUT2D eigenvalue weighted by Gasteiger charge is -2.03. The van der Waals surface area contributed by atoms with Crippen LogP contribution in [0.2, 0.25) is 0 Å². The molecule has 0 saturated heterocycles. The van der Waals surface area contributed by atoms with E-state index in [1.165, 1.54) is 33.1 Å². The van der Waals surface area contributed by atoms with Crippen molar-refractivity contribution in [2.45, 2.75) is 13.5 Å². The lowest BCUT2D eigenvalue weighted by molar-refractivity contribution is 0.0462. The van der Waals surface area contributed by atoms with E-state index in [1.54, 1.807) is 16.7 Å². The van der Waals surface area contributed by atoms with Crippen molar-refractivity contribution < 1.29 is 9.53 Å². The standard InChI is InChI=1S/C16H11N3O3S3/c1-9-6-25-16-17-11(4-13(20)19(9)16)5-22-15(21)12-8-24-14(18-12)10-2-3-23-7-10/h2-4,6-8H,5H2,1H3. The van der Waals surface area contributed by atoms with Gasteiger partial charge in [-0.05, 0) is 18.4 Å². The maximum absolute atomic E-state index is 12.2. The van der Waals surface area contributed by atoms with Gasteiger partial charge in [0.15, 0.2) is 10.7 Å². The van der Waals surface area contributed by atoms with Gasteiger partial charge in [-0.1, -0.05) is 0 Å². The van der Waals surface area contributed by atoms with Crippen molar-refractivity contribution in [3.8, 4) is 10.6 Å². The Kier molecular flexibility index (Phi) is 4.20. The maximum atomic E-state index is 12.2. The molecule has 0 aliphatic heterocycles. The number of hydrogen-bond donors (Lipinski definition) is 0. The molecular formula is C16H11N3O3S3. The highest BCUT2D eigenvalue weighted by Gasteiger charge is 2.15. The van der Waals surface area contributed by atoms with Gasteiger partial charge >= 0.3 is 5.97 Å². The molecule has 126 valence electrons. The zero-order valence-electron chi connectivity index (χ0n) is 13.0. The number of hydrogen-bond acceptors (Lipinski definition) is 8. The molecule has 0 bridgehead atoms. The number of carbonyl (C=O) groups excluding carboxylic acids is 1. The second kappa shape index (κ2) is 6.51. The van der Waals surface area contributed by atoms with E-state index >= 15 is 0 Å². The van der Waals surface area contributed by atoms with Gasteiger partial charge in [0, 0.05) is 33.5 Å². The van der Waals surface area contributed by atoms with Crippen LogP contribution in [0.25, 0.3) is 15.5 Å². The van der Waals surface area contributed by atoms with E-state index in [2.05, 4.69) is 9.97 Å². The first-order valence-electron chi connectivity index (χ1n) is 7.24. The molecule has 0 unspecified atom stereocenters. The summed E-state index contributed by atoms with van der Waals surface area (Å²) in [4.78, 5) is 33.5. The van der Waals surface area contributed by atoms with Gasteiger partial charge in [0.2, 0.25) is 0 Å². The molecule has 0 aliphatic rings. The number of nitrogens with zero attached hydrogens (tertiary/aromatic N) is 3. The van der Waals surface area contributed by atoms with Gasteiger partial charge in [-0.25, -0.2) is 14.8 Å². The summed E-state index contributed by atoms with van der Waals surface area (Å²) in [6.45, 7) is 1.78. The first-order chi connectivity index (χ1) is 12.1. The van der Waals surface area contributed by atoms with Crippen molar-refractivity contribution in [3.05, 3.63) is 61.1 Å². The summed E-state index contributed by atoms with van der Waals surface area (Å²) < 4.78 is 6.79. The Labute approximate surface area is 154 Å². The highest BCUT2D eigenvalue weighted by Crippen LogP contribution is 2.26. The fourth-order valence-corrected chi connectivity index (χ4v) is 4.67. The normalized spacial score (nSPS) is 11.1. The van der Waals surface area contributed by atoms with E-state index in [9.17, 15) is 9.59 Å². The van der Waals surface area contributed by atoms with E-state index in [0.29, 0.717) is 10.7 Å². The summed E-state index contributed by atoms with van der Waals surface area (Å²) in [5.41, 5.74) is 2.33. The third-order valence-electron chi connectivity index (χ3n) is 3.46. The number of aromatic nitrogens is 3. The molecule has 0 aliphatic carbocycles. The molecule has 0 N–H and O–H groups in total. The van der Waals surface area contributed by atoms with Crippen LogP contribution in [0, 0.1) is 6.92 Å². The number of fused-ring (bicyclic) bond motifs is 1. The second-order valence-electron chi connectivity index (χ2n) is 5.21. The molecule has 0 fully saturated rings. The number of thiazole rings is 2. The monoisotopic (exact) mass is 389 g/mol. The van der Waals surface area contributed by atoms with Crippen LogP contribution < -0.4 is 5.56 Å². The summed E-state index contributed by atoms with van der Waals surface area (Å²) in [6.07, 6.45) is 0. The predicted octanol–water partition coefficient (Wildman–Crippen LogP) is 3.61. The van der Waals surface area contributed by atoms with E-state index < -0.39 is 5.97 Å². The highest BCUT2D eigenvalue weighted by atomic mass is 32.1. The van der Waals surface area contributed by atoms with Crippen LogP contribution in [-0.4, -0.2) is 20.3 Å². The van der Waals surface area contributed by atoms with Crippen LogP contribution >= 0.6 is 34.0 Å². The quantitative estimate of drug-likeness (QED) is 0.499. The Bertz CT molecular complexity index is 1110. The molecule has 4 aromatic rings. The smallest absolute Gasteiger partial charge is 0.358 e. The zero-order valence-corrected chi connectivity index (χ0v) is 15.4. The van der Waals surface area contributed by atoms with Crippen molar-refractivity contribution in [2.24, 2.45) is 0 Å². The Morgan fingerprint density at radius 1 is 1.24 bits per heavy atom. The summed E-state index contributed by atoms with van der Waals surface area (Å²) in [5, 5.41) is 8.25. The highest BCUT2D eigenvalue weighted by molar-refractivity contribution is 7.15. The van der Waals surface area contributed by atoms with Crippen LogP contribution in [0.3, 0.4) is 0 Å². The topological polar surface area (TPSA) is 73.6 Å². The first-order valence-corrected chi connectivity index (χ1v) is 9.94. The molecule has 0 atom stereocenters. The first kappa shape index (κ1) is 16.1. The maximum Gasteiger partial charge on any atom is 0.358 e. The van der Waals surface area contributed by atoms with Crippen LogP contribution in [0.4, 0.5) is 0 Å². The van der Waals surface area contributed by atoms with E-state index in [4.69, 9.17) is 4.74 Å². The molecule has 6 nitrogen and oxygen atoms in total. The van der Waals surface area contributed by atoms with Crippen LogP contribution in [-0.2, 0) is 11.3 Å². The summed E-state index contributed by atoms with van der Waals surface area (Å²) in [7, 11) is 0. The van der Waals surface area contributed by atoms with Crippen molar-refractivity contribution in [1.29, 1.82) is 0 Å². The molecule has 4 aromatic heterocycles. The Hall–Kier alpha value is -2.36. The van der Waals surface area contributed by atoms with Crippen LogP contribution in [0.5, 0.6) is 0 Å². The molecular weight excluding hydrogens is 378 g/mol. The van der Waals surface area contributed by atoms with Gasteiger partial charge in [0.25, 0.3) is 5.56 Å². The molecule has 4 rings (SSSR count). The molecule has 25 heavy (non-hydrogen) atoms. The lowest BCUT2D eigenvalue weighted by atomic mass is 10.3. The van der Waals surface area contributed by atoms with Crippen molar-refractivity contribution in [1.82, 2.24) is 14.4 Å². The SMILES string of the molecule is Cc1csc2nc(COC(=O)c3csc(-c4ccsc4)n3)cc(=O)n12. The van der Waals surface area contributed by atoms with Gasteiger partial charge in [-0.3, -0.25) is 9.20 Å². The number of thiophene rings is 1. The van der Waals surface area contributed by atoms with Crippen molar-refractivity contribution in [3.63, 3.8) is 0 Å². The fourth-order valence-electron chi connectivity index (χ4n) is 2.27. The minimum atomic E-state index is -0.526. The van der Waals surface area contributed by atoms with Gasteiger partial charge in [-0.2, -0.15) is 11.3 Å².